The van der Waals surface area contributed by atoms with Crippen LogP contribution in [0.2, 0.25) is 0 Å². The molecule has 5 rings (SSSR count). The van der Waals surface area contributed by atoms with E-state index in [0.717, 1.165) is 0 Å². The van der Waals surface area contributed by atoms with Gasteiger partial charge in [0, 0.05) is 31.4 Å². The number of benzene rings is 1. The monoisotopic (exact) mass is 448 g/mol. The number of nitrogens with zero attached hydrogens (tertiary/aromatic N) is 7. The summed E-state index contributed by atoms with van der Waals surface area (Å²) in [5.41, 5.74) is 6.91. The van der Waals surface area contributed by atoms with Crippen molar-refractivity contribution in [2.24, 2.45) is 0 Å². The van der Waals surface area contributed by atoms with E-state index in [2.05, 4.69) is 19.9 Å². The van der Waals surface area contributed by atoms with Gasteiger partial charge in [-0.25, -0.2) is 13.8 Å². The first kappa shape index (κ1) is 20.6. The average Bonchev–Trinajstić information content (AvgIpc) is 3.47. The van der Waals surface area contributed by atoms with E-state index in [1.54, 1.807) is 6.07 Å². The van der Waals surface area contributed by atoms with Gasteiger partial charge in [-0.05, 0) is 6.07 Å². The molecule has 1 aromatic carbocycles. The average molecular weight is 448 g/mol. The van der Waals surface area contributed by atoms with Crippen LogP contribution in [-0.4, -0.2) is 77.8 Å². The molecule has 2 fully saturated rings. The highest BCUT2D eigenvalue weighted by molar-refractivity contribution is 5.87. The number of fused-ring (bicyclic) bond motifs is 1. The maximum Gasteiger partial charge on any atom is 0.296 e. The van der Waals surface area contributed by atoms with Gasteiger partial charge in [0.2, 0.25) is 17.8 Å². The van der Waals surface area contributed by atoms with Crippen molar-refractivity contribution in [3.05, 3.63) is 18.0 Å². The van der Waals surface area contributed by atoms with Crippen LogP contribution in [0.25, 0.3) is 17.0 Å². The van der Waals surface area contributed by atoms with Gasteiger partial charge in [0.25, 0.3) is 6.43 Å². The molecule has 4 heterocycles. The number of aromatic nitrogens is 5. The molecule has 2 aliphatic heterocycles. The van der Waals surface area contributed by atoms with E-state index in [4.69, 9.17) is 19.9 Å². The number of morpholine rings is 1. The van der Waals surface area contributed by atoms with Gasteiger partial charge in [-0.3, -0.25) is 4.57 Å². The van der Waals surface area contributed by atoms with Crippen molar-refractivity contribution < 1.29 is 23.0 Å². The van der Waals surface area contributed by atoms with E-state index in [-0.39, 0.29) is 17.2 Å². The molecule has 170 valence electrons. The van der Waals surface area contributed by atoms with Crippen LogP contribution in [0.1, 0.15) is 12.2 Å². The molecule has 0 bridgehead atoms. The zero-order valence-corrected chi connectivity index (χ0v) is 17.4. The molecule has 3 aromatic rings. The second-order valence-corrected chi connectivity index (χ2v) is 7.33. The lowest BCUT2D eigenvalue weighted by Gasteiger charge is -2.27. The largest absolute Gasteiger partial charge is 0.494 e. The Kier molecular flexibility index (Phi) is 5.35. The summed E-state index contributed by atoms with van der Waals surface area (Å²) in [7, 11) is 1.43. The van der Waals surface area contributed by atoms with Crippen LogP contribution < -0.4 is 20.3 Å². The number of anilines is 3. The lowest BCUT2D eigenvalue weighted by molar-refractivity contribution is 0.122. The predicted octanol–water partition coefficient (Wildman–Crippen LogP) is 1.37. The van der Waals surface area contributed by atoms with Crippen molar-refractivity contribution in [2.75, 3.05) is 68.8 Å². The van der Waals surface area contributed by atoms with E-state index < -0.39 is 12.2 Å². The van der Waals surface area contributed by atoms with Crippen molar-refractivity contribution in [1.29, 1.82) is 0 Å². The van der Waals surface area contributed by atoms with Crippen molar-refractivity contribution in [2.45, 2.75) is 6.43 Å². The molecule has 2 saturated heterocycles. The quantitative estimate of drug-likeness (QED) is 0.574. The molecule has 0 aliphatic carbocycles. The minimum atomic E-state index is -2.88. The fourth-order valence-corrected chi connectivity index (χ4v) is 3.76. The summed E-state index contributed by atoms with van der Waals surface area (Å²) in [6.45, 7) is 3.61. The second kappa shape index (κ2) is 8.31. The Balaban J connectivity index is 1.73. The number of imidazole rings is 1. The van der Waals surface area contributed by atoms with Crippen molar-refractivity contribution in [3.8, 4) is 11.7 Å². The molecule has 0 saturated carbocycles. The third kappa shape index (κ3) is 3.62. The standard InChI is InChI=1S/C19H22F2N8O3/c1-30-13-9-11(22)8-12-14(13)23-16(15(20)21)29(12)19-25-17(27-2-5-31-6-3-27)24-18(26-19)28-4-7-32-10-28/h8-9,15H,2-7,10,22H2,1H3. The van der Waals surface area contributed by atoms with E-state index in [9.17, 15) is 8.78 Å². The molecule has 0 radical (unpaired) electrons. The van der Waals surface area contributed by atoms with Crippen LogP contribution in [0.4, 0.5) is 26.4 Å². The number of halogens is 2. The van der Waals surface area contributed by atoms with E-state index in [1.807, 2.05) is 9.80 Å². The third-order valence-corrected chi connectivity index (χ3v) is 5.32. The van der Waals surface area contributed by atoms with Crippen molar-refractivity contribution in [1.82, 2.24) is 24.5 Å². The van der Waals surface area contributed by atoms with Crippen molar-refractivity contribution in [3.63, 3.8) is 0 Å². The van der Waals surface area contributed by atoms with Crippen LogP contribution in [0.3, 0.4) is 0 Å². The molecule has 32 heavy (non-hydrogen) atoms. The molecule has 2 aromatic heterocycles. The van der Waals surface area contributed by atoms with Gasteiger partial charge in [0.05, 0.1) is 32.4 Å². The molecule has 2 aliphatic rings. The Morgan fingerprint density at radius 2 is 1.59 bits per heavy atom. The van der Waals surface area contributed by atoms with Gasteiger partial charge in [-0.2, -0.15) is 15.0 Å². The lowest BCUT2D eigenvalue weighted by atomic mass is 10.2. The number of alkyl halides is 2. The number of rotatable bonds is 5. The normalized spacial score (nSPS) is 17.0. The van der Waals surface area contributed by atoms with E-state index in [0.29, 0.717) is 69.3 Å². The van der Waals surface area contributed by atoms with Gasteiger partial charge >= 0.3 is 0 Å². The maximum atomic E-state index is 14.1. The van der Waals surface area contributed by atoms with Crippen LogP contribution in [-0.2, 0) is 9.47 Å². The Morgan fingerprint density at radius 3 is 2.25 bits per heavy atom. The van der Waals surface area contributed by atoms with Crippen LogP contribution in [0, 0.1) is 0 Å². The molecule has 11 nitrogen and oxygen atoms in total. The first-order valence-corrected chi connectivity index (χ1v) is 10.1. The first-order valence-electron chi connectivity index (χ1n) is 10.1. The molecule has 2 N–H and O–H groups in total. The second-order valence-electron chi connectivity index (χ2n) is 7.33. The maximum absolute atomic E-state index is 14.1. The van der Waals surface area contributed by atoms with Gasteiger partial charge in [0.1, 0.15) is 18.0 Å². The van der Waals surface area contributed by atoms with Crippen molar-refractivity contribution >= 4 is 28.6 Å². The molecule has 0 unspecified atom stereocenters. The fraction of sp³-hybridized carbons (Fsp3) is 0.474. The summed E-state index contributed by atoms with van der Waals surface area (Å²) in [6.07, 6.45) is -2.88. The molecular formula is C19H22F2N8O3. The minimum Gasteiger partial charge on any atom is -0.494 e. The van der Waals surface area contributed by atoms with Gasteiger partial charge in [-0.1, -0.05) is 0 Å². The first-order chi connectivity index (χ1) is 15.5. The van der Waals surface area contributed by atoms with Gasteiger partial charge in [-0.15, -0.1) is 0 Å². The number of ether oxygens (including phenoxy) is 3. The summed E-state index contributed by atoms with van der Waals surface area (Å²) < 4.78 is 45.5. The highest BCUT2D eigenvalue weighted by Crippen LogP contribution is 2.34. The van der Waals surface area contributed by atoms with E-state index >= 15 is 0 Å². The van der Waals surface area contributed by atoms with E-state index in [1.165, 1.54) is 17.7 Å². The van der Waals surface area contributed by atoms with Crippen LogP contribution in [0.5, 0.6) is 5.75 Å². The summed E-state index contributed by atoms with van der Waals surface area (Å²) in [4.78, 5) is 21.5. The summed E-state index contributed by atoms with van der Waals surface area (Å²) in [5.74, 6) is 0.516. The van der Waals surface area contributed by atoms with Crippen LogP contribution >= 0.6 is 0 Å². The highest BCUT2D eigenvalue weighted by Gasteiger charge is 2.27. The SMILES string of the molecule is COc1cc(N)cc2c1nc(C(F)F)n2-c1nc(N2CCOCC2)nc(N2CCOC2)n1. The van der Waals surface area contributed by atoms with Gasteiger partial charge in [0.15, 0.2) is 5.82 Å². The van der Waals surface area contributed by atoms with Gasteiger partial charge < -0.3 is 29.7 Å². The Labute approximate surface area is 181 Å². The Bertz CT molecular complexity index is 1130. The molecule has 0 spiro atoms. The number of methoxy groups -OCH3 is 1. The number of nitrogen functional groups attached to an aromatic ring is 1. The zero-order chi connectivity index (χ0) is 22.2. The molecule has 0 atom stereocenters. The number of hydrogen-bond donors (Lipinski definition) is 1. The fourth-order valence-electron chi connectivity index (χ4n) is 3.76. The predicted molar refractivity (Wildman–Crippen MR) is 112 cm³/mol. The zero-order valence-electron chi connectivity index (χ0n) is 17.4. The molecule has 0 amide bonds. The number of hydrogen-bond acceptors (Lipinski definition) is 10. The summed E-state index contributed by atoms with van der Waals surface area (Å²) >= 11 is 0. The minimum absolute atomic E-state index is 0.0221. The molecular weight excluding hydrogens is 426 g/mol. The smallest absolute Gasteiger partial charge is 0.296 e. The summed E-state index contributed by atoms with van der Waals surface area (Å²) in [5, 5.41) is 0. The topological polar surface area (TPSA) is 117 Å². The molecule has 13 heteroatoms. The number of nitrogens with two attached hydrogens (primary N) is 1. The Morgan fingerprint density at radius 1 is 0.938 bits per heavy atom. The van der Waals surface area contributed by atoms with Crippen LogP contribution in [0.15, 0.2) is 12.1 Å². The Hall–Kier alpha value is -3.32. The lowest BCUT2D eigenvalue weighted by Crippen LogP contribution is -2.38. The summed E-state index contributed by atoms with van der Waals surface area (Å²) in [6, 6.07) is 3.09. The highest BCUT2D eigenvalue weighted by atomic mass is 19.3. The third-order valence-electron chi connectivity index (χ3n) is 5.32.